The summed E-state index contributed by atoms with van der Waals surface area (Å²) in [5.74, 6) is -1.31. The van der Waals surface area contributed by atoms with Gasteiger partial charge in [0.2, 0.25) is 0 Å². The maximum atomic E-state index is 13.5. The standard InChI is InChI=1S/C14H10BrFO2S/c15-10-3-1-2-9(6-10)8-18-14(17)12-7-11(19)4-5-13(12)16/h1-7,19H,8H2. The summed E-state index contributed by atoms with van der Waals surface area (Å²) in [5.41, 5.74) is 0.715. The lowest BCUT2D eigenvalue weighted by Crippen LogP contribution is -2.07. The molecule has 0 aliphatic heterocycles. The number of hydrogen-bond donors (Lipinski definition) is 1. The third-order valence-electron chi connectivity index (χ3n) is 2.43. The fourth-order valence-corrected chi connectivity index (χ4v) is 2.17. The van der Waals surface area contributed by atoms with Crippen molar-refractivity contribution in [1.82, 2.24) is 0 Å². The summed E-state index contributed by atoms with van der Waals surface area (Å²) < 4.78 is 19.4. The second-order valence-corrected chi connectivity index (χ2v) is 5.30. The largest absolute Gasteiger partial charge is 0.457 e. The Bertz CT molecular complexity index is 616. The van der Waals surface area contributed by atoms with Crippen molar-refractivity contribution in [3.8, 4) is 0 Å². The molecule has 0 saturated heterocycles. The van der Waals surface area contributed by atoms with Gasteiger partial charge in [0.1, 0.15) is 12.4 Å². The summed E-state index contributed by atoms with van der Waals surface area (Å²) >= 11 is 7.39. The zero-order valence-corrected chi connectivity index (χ0v) is 12.2. The highest BCUT2D eigenvalue weighted by Gasteiger charge is 2.13. The lowest BCUT2D eigenvalue weighted by Gasteiger charge is -2.06. The van der Waals surface area contributed by atoms with Crippen LogP contribution in [-0.2, 0) is 11.3 Å². The summed E-state index contributed by atoms with van der Waals surface area (Å²) in [4.78, 5) is 12.3. The van der Waals surface area contributed by atoms with Gasteiger partial charge in [-0.25, -0.2) is 9.18 Å². The van der Waals surface area contributed by atoms with Gasteiger partial charge >= 0.3 is 5.97 Å². The first-order valence-electron chi connectivity index (χ1n) is 5.46. The fourth-order valence-electron chi connectivity index (χ4n) is 1.52. The van der Waals surface area contributed by atoms with E-state index >= 15 is 0 Å². The molecule has 0 radical (unpaired) electrons. The molecule has 0 aliphatic rings. The quantitative estimate of drug-likeness (QED) is 0.668. The van der Waals surface area contributed by atoms with Crippen LogP contribution in [0.25, 0.3) is 0 Å². The summed E-state index contributed by atoms with van der Waals surface area (Å²) in [5, 5.41) is 0. The van der Waals surface area contributed by atoms with Gasteiger partial charge in [-0.3, -0.25) is 0 Å². The maximum Gasteiger partial charge on any atom is 0.341 e. The number of carbonyl (C=O) groups is 1. The Morgan fingerprint density at radius 3 is 2.79 bits per heavy atom. The zero-order chi connectivity index (χ0) is 13.8. The third-order valence-corrected chi connectivity index (χ3v) is 3.20. The van der Waals surface area contributed by atoms with E-state index in [0.29, 0.717) is 4.90 Å². The minimum Gasteiger partial charge on any atom is -0.457 e. The lowest BCUT2D eigenvalue weighted by atomic mass is 10.2. The van der Waals surface area contributed by atoms with Gasteiger partial charge in [0.15, 0.2) is 0 Å². The van der Waals surface area contributed by atoms with Gasteiger partial charge < -0.3 is 4.74 Å². The Hall–Kier alpha value is -1.33. The molecule has 0 heterocycles. The molecule has 0 bridgehead atoms. The number of esters is 1. The van der Waals surface area contributed by atoms with Crippen LogP contribution in [0.2, 0.25) is 0 Å². The first-order valence-corrected chi connectivity index (χ1v) is 6.70. The molecule has 98 valence electrons. The summed E-state index contributed by atoms with van der Waals surface area (Å²) in [6.07, 6.45) is 0. The first-order chi connectivity index (χ1) is 9.06. The topological polar surface area (TPSA) is 26.3 Å². The van der Waals surface area contributed by atoms with E-state index in [1.165, 1.54) is 18.2 Å². The monoisotopic (exact) mass is 340 g/mol. The van der Waals surface area contributed by atoms with Crippen LogP contribution >= 0.6 is 28.6 Å². The van der Waals surface area contributed by atoms with Crippen molar-refractivity contribution in [1.29, 1.82) is 0 Å². The first kappa shape index (κ1) is 14.1. The van der Waals surface area contributed by atoms with Crippen LogP contribution in [0.1, 0.15) is 15.9 Å². The van der Waals surface area contributed by atoms with E-state index < -0.39 is 11.8 Å². The van der Waals surface area contributed by atoms with Crippen molar-refractivity contribution in [2.24, 2.45) is 0 Å². The molecule has 2 aromatic rings. The van der Waals surface area contributed by atoms with Gasteiger partial charge in [-0.15, -0.1) is 12.6 Å². The zero-order valence-electron chi connectivity index (χ0n) is 9.77. The molecule has 0 atom stereocenters. The number of rotatable bonds is 3. The third kappa shape index (κ3) is 3.81. The molecule has 0 aliphatic carbocycles. The SMILES string of the molecule is O=C(OCc1cccc(Br)c1)c1cc(S)ccc1F. The average molecular weight is 341 g/mol. The van der Waals surface area contributed by atoms with Crippen LogP contribution in [0.3, 0.4) is 0 Å². The van der Waals surface area contributed by atoms with Gasteiger partial charge in [0, 0.05) is 9.37 Å². The van der Waals surface area contributed by atoms with Crippen LogP contribution in [0, 0.1) is 5.82 Å². The van der Waals surface area contributed by atoms with E-state index in [0.717, 1.165) is 10.0 Å². The summed E-state index contributed by atoms with van der Waals surface area (Å²) in [7, 11) is 0. The molecule has 0 saturated carbocycles. The van der Waals surface area contributed by atoms with E-state index in [4.69, 9.17) is 4.74 Å². The van der Waals surface area contributed by atoms with E-state index in [1.807, 2.05) is 24.3 Å². The Kier molecular flexibility index (Phi) is 4.61. The molecule has 19 heavy (non-hydrogen) atoms. The number of hydrogen-bond acceptors (Lipinski definition) is 3. The minimum atomic E-state index is -0.701. The van der Waals surface area contributed by atoms with E-state index in [9.17, 15) is 9.18 Å². The van der Waals surface area contributed by atoms with Crippen molar-refractivity contribution in [3.63, 3.8) is 0 Å². The molecule has 0 amide bonds. The number of carbonyl (C=O) groups excluding carboxylic acids is 1. The fraction of sp³-hybridized carbons (Fsp3) is 0.0714. The Balaban J connectivity index is 2.07. The van der Waals surface area contributed by atoms with Crippen molar-refractivity contribution in [3.05, 3.63) is 63.9 Å². The molecule has 0 N–H and O–H groups in total. The second-order valence-electron chi connectivity index (χ2n) is 3.87. The highest BCUT2D eigenvalue weighted by Crippen LogP contribution is 2.16. The van der Waals surface area contributed by atoms with E-state index in [-0.39, 0.29) is 12.2 Å². The highest BCUT2D eigenvalue weighted by molar-refractivity contribution is 9.10. The predicted octanol–water partition coefficient (Wildman–Crippen LogP) is 4.23. The minimum absolute atomic E-state index is 0.0918. The normalized spacial score (nSPS) is 10.3. The van der Waals surface area contributed by atoms with Crippen molar-refractivity contribution < 1.29 is 13.9 Å². The van der Waals surface area contributed by atoms with Crippen LogP contribution < -0.4 is 0 Å². The van der Waals surface area contributed by atoms with Gasteiger partial charge in [-0.1, -0.05) is 28.1 Å². The van der Waals surface area contributed by atoms with Crippen molar-refractivity contribution >= 4 is 34.5 Å². The van der Waals surface area contributed by atoms with Gasteiger partial charge in [0.25, 0.3) is 0 Å². The average Bonchev–Trinajstić information content (AvgIpc) is 2.39. The Morgan fingerprint density at radius 1 is 1.26 bits per heavy atom. The Morgan fingerprint density at radius 2 is 2.05 bits per heavy atom. The van der Waals surface area contributed by atoms with Gasteiger partial charge in [0.05, 0.1) is 5.56 Å². The van der Waals surface area contributed by atoms with Gasteiger partial charge in [-0.05, 0) is 35.9 Å². The van der Waals surface area contributed by atoms with Crippen molar-refractivity contribution in [2.45, 2.75) is 11.5 Å². The van der Waals surface area contributed by atoms with E-state index in [2.05, 4.69) is 28.6 Å². The van der Waals surface area contributed by atoms with Crippen LogP contribution in [0.4, 0.5) is 4.39 Å². The number of benzene rings is 2. The molecule has 5 heteroatoms. The molecule has 0 fully saturated rings. The molecule has 0 unspecified atom stereocenters. The molecular weight excluding hydrogens is 331 g/mol. The maximum absolute atomic E-state index is 13.5. The molecule has 2 rings (SSSR count). The Labute approximate surface area is 124 Å². The summed E-state index contributed by atoms with van der Waals surface area (Å²) in [6.45, 7) is 0.0918. The molecular formula is C14H10BrFO2S. The van der Waals surface area contributed by atoms with E-state index in [1.54, 1.807) is 0 Å². The molecule has 2 aromatic carbocycles. The van der Waals surface area contributed by atoms with Gasteiger partial charge in [-0.2, -0.15) is 0 Å². The number of thiol groups is 1. The van der Waals surface area contributed by atoms with Crippen LogP contribution in [0.15, 0.2) is 51.8 Å². The smallest absolute Gasteiger partial charge is 0.341 e. The number of halogens is 2. The summed E-state index contributed by atoms with van der Waals surface area (Å²) in [6, 6.07) is 11.4. The van der Waals surface area contributed by atoms with Crippen molar-refractivity contribution in [2.75, 3.05) is 0 Å². The lowest BCUT2D eigenvalue weighted by molar-refractivity contribution is 0.0467. The molecule has 0 aromatic heterocycles. The van der Waals surface area contributed by atoms with Crippen LogP contribution in [0.5, 0.6) is 0 Å². The second kappa shape index (κ2) is 6.21. The predicted molar refractivity (Wildman–Crippen MR) is 76.9 cm³/mol. The molecule has 2 nitrogen and oxygen atoms in total. The number of ether oxygens (including phenoxy) is 1. The molecule has 0 spiro atoms. The van der Waals surface area contributed by atoms with Crippen LogP contribution in [-0.4, -0.2) is 5.97 Å². The highest BCUT2D eigenvalue weighted by atomic mass is 79.9.